The second-order valence-electron chi connectivity index (χ2n) is 6.47. The molecule has 0 radical (unpaired) electrons. The van der Waals surface area contributed by atoms with Gasteiger partial charge in [0.1, 0.15) is 0 Å². The van der Waals surface area contributed by atoms with E-state index in [4.69, 9.17) is 18.8 Å². The smallest absolute Gasteiger partial charge is 0.353 e. The molecule has 2 aromatic carbocycles. The molecule has 0 heterocycles. The average Bonchev–Trinajstić information content (AvgIpc) is 2.78. The highest BCUT2D eigenvalue weighted by Gasteiger charge is 2.22. The van der Waals surface area contributed by atoms with Crippen LogP contribution in [0.25, 0.3) is 0 Å². The Labute approximate surface area is 184 Å². The van der Waals surface area contributed by atoms with Gasteiger partial charge in [0.05, 0.1) is 25.5 Å². The van der Waals surface area contributed by atoms with Crippen molar-refractivity contribution in [3.05, 3.63) is 83.7 Å². The first kappa shape index (κ1) is 24.7. The lowest BCUT2D eigenvalue weighted by atomic mass is 10.0. The summed E-state index contributed by atoms with van der Waals surface area (Å²) in [5, 5.41) is 0. The summed E-state index contributed by atoms with van der Waals surface area (Å²) in [4.78, 5) is 17.4. The Morgan fingerprint density at radius 2 is 1.42 bits per heavy atom. The molecule has 0 aliphatic heterocycles. The van der Waals surface area contributed by atoms with Crippen molar-refractivity contribution in [1.29, 1.82) is 0 Å². The molecule has 0 saturated heterocycles. The number of hydrogen-bond donors (Lipinski definition) is 0. The minimum atomic E-state index is -3.35. The Kier molecular flexibility index (Phi) is 10.4. The van der Waals surface area contributed by atoms with Gasteiger partial charge in [-0.05, 0) is 27.2 Å². The zero-order valence-corrected chi connectivity index (χ0v) is 19.2. The number of carbonyl (C=O) groups is 1. The summed E-state index contributed by atoms with van der Waals surface area (Å²) in [5.74, 6) is 0.950. The van der Waals surface area contributed by atoms with E-state index >= 15 is 0 Å². The number of nitrogens with zero attached hydrogens (tertiary/aromatic N) is 1. The van der Waals surface area contributed by atoms with Crippen LogP contribution in [-0.4, -0.2) is 37.5 Å². The molecular formula is C24H30NO5P. The van der Waals surface area contributed by atoms with Crippen LogP contribution in [0, 0.1) is 0 Å². The Balaban J connectivity index is 2.40. The van der Waals surface area contributed by atoms with Gasteiger partial charge in [0.25, 0.3) is 0 Å². The zero-order valence-electron chi connectivity index (χ0n) is 18.3. The molecule has 0 N–H and O–H groups in total. The van der Waals surface area contributed by atoms with Gasteiger partial charge >= 0.3 is 13.6 Å². The van der Waals surface area contributed by atoms with E-state index in [2.05, 4.69) is 0 Å². The lowest BCUT2D eigenvalue weighted by Gasteiger charge is -2.15. The highest BCUT2D eigenvalue weighted by molar-refractivity contribution is 7.57. The fourth-order valence-electron chi connectivity index (χ4n) is 2.91. The Bertz CT molecular complexity index is 861. The van der Waals surface area contributed by atoms with Crippen molar-refractivity contribution in [3.63, 3.8) is 0 Å². The third-order valence-electron chi connectivity index (χ3n) is 4.20. The van der Waals surface area contributed by atoms with Crippen molar-refractivity contribution in [2.45, 2.75) is 33.2 Å². The SMILES string of the molecule is CCOC(=O)C(C/C=C/P(=O)(OCC)OCC)N=C(c1ccccc1)c1ccccc1. The summed E-state index contributed by atoms with van der Waals surface area (Å²) >= 11 is 0. The van der Waals surface area contributed by atoms with E-state index in [1.54, 1.807) is 26.8 Å². The van der Waals surface area contributed by atoms with Gasteiger partial charge in [0, 0.05) is 16.9 Å². The normalized spacial score (nSPS) is 12.5. The number of rotatable bonds is 12. The van der Waals surface area contributed by atoms with E-state index in [9.17, 15) is 9.36 Å². The van der Waals surface area contributed by atoms with Gasteiger partial charge in [-0.25, -0.2) is 4.79 Å². The molecule has 1 atom stereocenters. The first-order valence-corrected chi connectivity index (χ1v) is 12.1. The van der Waals surface area contributed by atoms with E-state index in [1.165, 1.54) is 5.82 Å². The molecule has 0 saturated carbocycles. The largest absolute Gasteiger partial charge is 0.464 e. The number of esters is 1. The lowest BCUT2D eigenvalue weighted by Crippen LogP contribution is -2.23. The van der Waals surface area contributed by atoms with Gasteiger partial charge < -0.3 is 13.8 Å². The second-order valence-corrected chi connectivity index (χ2v) is 8.37. The van der Waals surface area contributed by atoms with Gasteiger partial charge in [0.15, 0.2) is 6.04 Å². The van der Waals surface area contributed by atoms with Crippen LogP contribution in [-0.2, 0) is 23.1 Å². The minimum Gasteiger partial charge on any atom is -0.464 e. The van der Waals surface area contributed by atoms with Crippen LogP contribution in [0.1, 0.15) is 38.3 Å². The van der Waals surface area contributed by atoms with Gasteiger partial charge in [-0.3, -0.25) is 9.56 Å². The van der Waals surface area contributed by atoms with Gasteiger partial charge in [-0.2, -0.15) is 0 Å². The van der Waals surface area contributed by atoms with Crippen molar-refractivity contribution >= 4 is 19.3 Å². The second kappa shape index (κ2) is 13.0. The maximum absolute atomic E-state index is 12.7. The van der Waals surface area contributed by atoms with Gasteiger partial charge in [-0.15, -0.1) is 0 Å². The third kappa shape index (κ3) is 7.91. The number of carbonyl (C=O) groups excluding carboxylic acids is 1. The first-order valence-electron chi connectivity index (χ1n) is 10.4. The number of aliphatic imine (C=N–C) groups is 1. The molecule has 0 spiro atoms. The number of ether oxygens (including phenoxy) is 1. The van der Waals surface area contributed by atoms with Crippen molar-refractivity contribution in [3.8, 4) is 0 Å². The summed E-state index contributed by atoms with van der Waals surface area (Å²) in [6, 6.07) is 18.5. The fourth-order valence-corrected chi connectivity index (χ4v) is 4.25. The molecule has 0 aliphatic rings. The molecule has 0 amide bonds. The molecule has 0 bridgehead atoms. The molecular weight excluding hydrogens is 413 g/mol. The van der Waals surface area contributed by atoms with Crippen molar-refractivity contribution in [2.24, 2.45) is 4.99 Å². The standard InChI is InChI=1S/C24H30NO5P/c1-4-28-24(26)22(18-13-19-31(27,29-5-2)30-6-3)25-23(20-14-9-7-10-15-20)21-16-11-8-12-17-21/h7-17,19,22H,4-6,18H2,1-3H3/b19-13+. The molecule has 0 aliphatic carbocycles. The maximum Gasteiger partial charge on any atom is 0.353 e. The quantitative estimate of drug-likeness (QED) is 0.242. The van der Waals surface area contributed by atoms with Gasteiger partial charge in [0.2, 0.25) is 0 Å². The summed E-state index contributed by atoms with van der Waals surface area (Å²) in [5.41, 5.74) is 2.47. The molecule has 1 unspecified atom stereocenters. The van der Waals surface area contributed by atoms with E-state index < -0.39 is 19.6 Å². The van der Waals surface area contributed by atoms with E-state index in [0.29, 0.717) is 5.71 Å². The van der Waals surface area contributed by atoms with Crippen LogP contribution in [0.2, 0.25) is 0 Å². The third-order valence-corrected chi connectivity index (χ3v) is 6.02. The van der Waals surface area contributed by atoms with Crippen LogP contribution < -0.4 is 0 Å². The molecule has 0 aromatic heterocycles. The predicted octanol–water partition coefficient (Wildman–Crippen LogP) is 5.63. The number of benzene rings is 2. The summed E-state index contributed by atoms with van der Waals surface area (Å²) in [6.45, 7) is 6.01. The summed E-state index contributed by atoms with van der Waals surface area (Å²) in [7, 11) is -3.35. The topological polar surface area (TPSA) is 74.2 Å². The van der Waals surface area contributed by atoms with E-state index in [0.717, 1.165) is 11.1 Å². The van der Waals surface area contributed by atoms with Crippen LogP contribution >= 0.6 is 7.60 Å². The van der Waals surface area contributed by atoms with E-state index in [-0.39, 0.29) is 26.2 Å². The Morgan fingerprint density at radius 3 is 1.87 bits per heavy atom. The maximum atomic E-state index is 12.7. The monoisotopic (exact) mass is 443 g/mol. The predicted molar refractivity (Wildman–Crippen MR) is 124 cm³/mol. The van der Waals surface area contributed by atoms with Crippen molar-refractivity contribution < 1.29 is 23.1 Å². The minimum absolute atomic E-state index is 0.201. The molecule has 2 rings (SSSR count). The van der Waals surface area contributed by atoms with Crippen LogP contribution in [0.3, 0.4) is 0 Å². The molecule has 0 fully saturated rings. The van der Waals surface area contributed by atoms with Crippen molar-refractivity contribution in [2.75, 3.05) is 19.8 Å². The van der Waals surface area contributed by atoms with Crippen LogP contribution in [0.5, 0.6) is 0 Å². The van der Waals surface area contributed by atoms with Crippen LogP contribution in [0.4, 0.5) is 0 Å². The molecule has 166 valence electrons. The molecule has 7 heteroatoms. The Morgan fingerprint density at radius 1 is 0.903 bits per heavy atom. The van der Waals surface area contributed by atoms with Crippen molar-refractivity contribution in [1.82, 2.24) is 0 Å². The molecule has 6 nitrogen and oxygen atoms in total. The van der Waals surface area contributed by atoms with E-state index in [1.807, 2.05) is 60.7 Å². The average molecular weight is 443 g/mol. The highest BCUT2D eigenvalue weighted by Crippen LogP contribution is 2.49. The lowest BCUT2D eigenvalue weighted by molar-refractivity contribution is -0.144. The van der Waals surface area contributed by atoms with Gasteiger partial charge in [-0.1, -0.05) is 66.7 Å². The molecule has 2 aromatic rings. The fraction of sp³-hybridized carbons (Fsp3) is 0.333. The number of hydrogen-bond acceptors (Lipinski definition) is 6. The Hall–Kier alpha value is -2.53. The zero-order chi connectivity index (χ0) is 22.5. The molecule has 31 heavy (non-hydrogen) atoms. The summed E-state index contributed by atoms with van der Waals surface area (Å²) < 4.78 is 28.5. The first-order chi connectivity index (χ1) is 15.0. The van der Waals surface area contributed by atoms with Crippen LogP contribution in [0.15, 0.2) is 77.5 Å². The highest BCUT2D eigenvalue weighted by atomic mass is 31.2. The summed E-state index contributed by atoms with van der Waals surface area (Å²) in [6.07, 6.45) is 1.82.